The third-order valence-corrected chi connectivity index (χ3v) is 11.0. The molecule has 0 bridgehead atoms. The monoisotopic (exact) mass is 699 g/mol. The average Bonchev–Trinajstić information content (AvgIpc) is 3.60. The van der Waals surface area contributed by atoms with Crippen LogP contribution in [0.25, 0.3) is 105 Å². The quantitative estimate of drug-likeness (QED) is 0.167. The molecule has 0 saturated carbocycles. The molecule has 0 amide bonds. The van der Waals surface area contributed by atoms with E-state index in [-0.39, 0.29) is 0 Å². The van der Waals surface area contributed by atoms with Gasteiger partial charge >= 0.3 is 0 Å². The van der Waals surface area contributed by atoms with Crippen LogP contribution in [-0.2, 0) is 0 Å². The van der Waals surface area contributed by atoms with E-state index in [0.717, 1.165) is 39.2 Å². The second-order valence-corrected chi connectivity index (χ2v) is 14.1. The largest absolute Gasteiger partial charge is 0.309 e. The first-order valence-corrected chi connectivity index (χ1v) is 18.8. The Balaban J connectivity index is 1.23. The normalized spacial score (nSPS) is 11.6. The first-order valence-electron chi connectivity index (χ1n) is 18.8. The highest BCUT2D eigenvalue weighted by atomic mass is 15.0. The van der Waals surface area contributed by atoms with E-state index in [1.165, 1.54) is 59.9 Å². The van der Waals surface area contributed by atoms with Gasteiger partial charge in [-0.05, 0) is 63.0 Å². The van der Waals surface area contributed by atoms with E-state index in [0.29, 0.717) is 5.82 Å². The maximum Gasteiger partial charge on any atom is 0.161 e. The van der Waals surface area contributed by atoms with E-state index in [4.69, 9.17) is 9.97 Å². The highest BCUT2D eigenvalue weighted by molar-refractivity contribution is 6.30. The predicted molar refractivity (Wildman–Crippen MR) is 231 cm³/mol. The van der Waals surface area contributed by atoms with Crippen LogP contribution in [0.5, 0.6) is 0 Å². The average molecular weight is 700 g/mol. The number of aromatic nitrogens is 3. The van der Waals surface area contributed by atoms with Crippen LogP contribution < -0.4 is 0 Å². The van der Waals surface area contributed by atoms with Gasteiger partial charge in [-0.15, -0.1) is 0 Å². The molecule has 2 heterocycles. The Kier molecular flexibility index (Phi) is 7.17. The van der Waals surface area contributed by atoms with Gasteiger partial charge in [-0.1, -0.05) is 170 Å². The predicted octanol–water partition coefficient (Wildman–Crippen LogP) is 13.7. The molecular formula is C52H33N3. The van der Waals surface area contributed by atoms with Crippen LogP contribution in [0, 0.1) is 0 Å². The highest BCUT2D eigenvalue weighted by Gasteiger charge is 2.21. The summed E-state index contributed by atoms with van der Waals surface area (Å²) in [5.41, 5.74) is 10.8. The Labute approximate surface area is 318 Å². The molecule has 2 aromatic heterocycles. The maximum absolute atomic E-state index is 5.31. The van der Waals surface area contributed by atoms with E-state index in [2.05, 4.69) is 193 Å². The molecule has 11 aromatic rings. The molecule has 0 fully saturated rings. The smallest absolute Gasteiger partial charge is 0.161 e. The summed E-state index contributed by atoms with van der Waals surface area (Å²) in [7, 11) is 0. The number of para-hydroxylation sites is 1. The fourth-order valence-corrected chi connectivity index (χ4v) is 8.53. The lowest BCUT2D eigenvalue weighted by atomic mass is 9.90. The second-order valence-electron chi connectivity index (χ2n) is 14.1. The van der Waals surface area contributed by atoms with Crippen molar-refractivity contribution >= 4 is 54.1 Å². The van der Waals surface area contributed by atoms with Crippen LogP contribution in [-0.4, -0.2) is 14.5 Å². The lowest BCUT2D eigenvalue weighted by Gasteiger charge is -2.18. The van der Waals surface area contributed by atoms with Gasteiger partial charge in [0.2, 0.25) is 0 Å². The number of hydrogen-bond donors (Lipinski definition) is 0. The molecule has 0 atom stereocenters. The molecule has 0 aliphatic carbocycles. The van der Waals surface area contributed by atoms with Crippen LogP contribution in [0.2, 0.25) is 0 Å². The van der Waals surface area contributed by atoms with Gasteiger partial charge in [-0.3, -0.25) is 0 Å². The van der Waals surface area contributed by atoms with Crippen molar-refractivity contribution in [2.45, 2.75) is 0 Å². The van der Waals surface area contributed by atoms with E-state index >= 15 is 0 Å². The zero-order valence-corrected chi connectivity index (χ0v) is 29.9. The van der Waals surface area contributed by atoms with Gasteiger partial charge in [-0.25, -0.2) is 9.97 Å². The fourth-order valence-electron chi connectivity index (χ4n) is 8.53. The van der Waals surface area contributed by atoms with Crippen LogP contribution in [0.4, 0.5) is 0 Å². The fraction of sp³-hybridized carbons (Fsp3) is 0. The maximum atomic E-state index is 5.31. The van der Waals surface area contributed by atoms with E-state index in [9.17, 15) is 0 Å². The Hall–Kier alpha value is -7.36. The van der Waals surface area contributed by atoms with Crippen LogP contribution in [0.1, 0.15) is 0 Å². The summed E-state index contributed by atoms with van der Waals surface area (Å²) in [6.07, 6.45) is 0. The minimum absolute atomic E-state index is 0.707. The molecule has 0 aliphatic heterocycles. The Morgan fingerprint density at radius 1 is 0.309 bits per heavy atom. The van der Waals surface area contributed by atoms with Crippen molar-refractivity contribution in [1.29, 1.82) is 0 Å². The van der Waals surface area contributed by atoms with Gasteiger partial charge in [0.1, 0.15) is 0 Å². The number of fused-ring (bicyclic) bond motifs is 9. The van der Waals surface area contributed by atoms with Crippen LogP contribution in [0.15, 0.2) is 200 Å². The lowest BCUT2D eigenvalue weighted by Crippen LogP contribution is -1.99. The lowest BCUT2D eigenvalue weighted by molar-refractivity contribution is 1.19. The summed E-state index contributed by atoms with van der Waals surface area (Å²) in [5, 5.41) is 9.59. The molecule has 256 valence electrons. The zero-order valence-electron chi connectivity index (χ0n) is 29.9. The second kappa shape index (κ2) is 12.6. The molecule has 9 aromatic carbocycles. The van der Waals surface area contributed by atoms with Gasteiger partial charge in [0.15, 0.2) is 5.82 Å². The molecule has 0 aliphatic rings. The summed E-state index contributed by atoms with van der Waals surface area (Å²) in [5.74, 6) is 0.707. The molecule has 3 heteroatoms. The summed E-state index contributed by atoms with van der Waals surface area (Å²) in [6, 6.07) is 71.4. The minimum Gasteiger partial charge on any atom is -0.309 e. The van der Waals surface area contributed by atoms with Gasteiger partial charge in [-0.2, -0.15) is 0 Å². The van der Waals surface area contributed by atoms with Crippen molar-refractivity contribution in [1.82, 2.24) is 14.5 Å². The minimum atomic E-state index is 0.707. The van der Waals surface area contributed by atoms with Gasteiger partial charge in [0.25, 0.3) is 0 Å². The van der Waals surface area contributed by atoms with Crippen molar-refractivity contribution < 1.29 is 0 Å². The third-order valence-electron chi connectivity index (χ3n) is 11.0. The van der Waals surface area contributed by atoms with Gasteiger partial charge in [0.05, 0.1) is 28.1 Å². The summed E-state index contributed by atoms with van der Waals surface area (Å²) >= 11 is 0. The third kappa shape index (κ3) is 5.05. The van der Waals surface area contributed by atoms with Crippen LogP contribution >= 0.6 is 0 Å². The number of rotatable bonds is 5. The molecule has 11 rings (SSSR count). The molecule has 55 heavy (non-hydrogen) atoms. The number of hydrogen-bond acceptors (Lipinski definition) is 2. The highest BCUT2D eigenvalue weighted by Crippen LogP contribution is 2.44. The molecule has 3 nitrogen and oxygen atoms in total. The van der Waals surface area contributed by atoms with Gasteiger partial charge < -0.3 is 4.57 Å². The number of benzene rings is 9. The Morgan fingerprint density at radius 2 is 0.836 bits per heavy atom. The standard InChI is InChI=1S/C52H33N3/c1-4-16-34(17-5-1)37-30-31-48-44(32-37)39-23-12-13-28-47(39)55(48)49-29-15-25-41-38-22-10-11-24-40(38)50-42(51(41)49)26-14-27-43(50)52-53-45(35-18-6-2-7-19-35)33-46(54-52)36-20-8-3-9-21-36/h1-33H. The summed E-state index contributed by atoms with van der Waals surface area (Å²) in [6.45, 7) is 0. The topological polar surface area (TPSA) is 30.7 Å². The first-order chi connectivity index (χ1) is 27.3. The molecule has 0 saturated heterocycles. The van der Waals surface area contributed by atoms with Crippen molar-refractivity contribution in [3.8, 4) is 50.7 Å². The molecular weight excluding hydrogens is 667 g/mol. The molecule has 0 unspecified atom stereocenters. The van der Waals surface area contributed by atoms with Crippen molar-refractivity contribution in [2.24, 2.45) is 0 Å². The SMILES string of the molecule is c1ccc(-c2ccc3c(c2)c2ccccc2n3-c2cccc3c4ccccc4c4c(-c5nc(-c6ccccc6)cc(-c6ccccc6)n5)cccc4c23)cc1. The molecule has 0 N–H and O–H groups in total. The van der Waals surface area contributed by atoms with Gasteiger partial charge in [0, 0.05) is 38.2 Å². The molecule has 0 radical (unpaired) electrons. The van der Waals surface area contributed by atoms with Crippen molar-refractivity contribution in [2.75, 3.05) is 0 Å². The Bertz CT molecular complexity index is 3180. The summed E-state index contributed by atoms with van der Waals surface area (Å²) < 4.78 is 2.46. The Morgan fingerprint density at radius 3 is 1.55 bits per heavy atom. The number of nitrogens with zero attached hydrogens (tertiary/aromatic N) is 3. The molecule has 0 spiro atoms. The van der Waals surface area contributed by atoms with E-state index in [1.807, 2.05) is 12.1 Å². The zero-order chi connectivity index (χ0) is 36.3. The summed E-state index contributed by atoms with van der Waals surface area (Å²) in [4.78, 5) is 10.6. The first kappa shape index (κ1) is 31.2. The van der Waals surface area contributed by atoms with E-state index < -0.39 is 0 Å². The van der Waals surface area contributed by atoms with Crippen molar-refractivity contribution in [3.63, 3.8) is 0 Å². The van der Waals surface area contributed by atoms with Crippen LogP contribution in [0.3, 0.4) is 0 Å². The van der Waals surface area contributed by atoms with Crippen molar-refractivity contribution in [3.05, 3.63) is 200 Å². The van der Waals surface area contributed by atoms with E-state index in [1.54, 1.807) is 0 Å².